The Morgan fingerprint density at radius 3 is 2.45 bits per heavy atom. The second kappa shape index (κ2) is 6.21. The van der Waals surface area contributed by atoms with Crippen LogP contribution in [0.3, 0.4) is 0 Å². The topological polar surface area (TPSA) is 78.4 Å². The molecule has 3 N–H and O–H groups in total. The monoisotopic (exact) mass is 346 g/mol. The van der Waals surface area contributed by atoms with E-state index in [1.807, 2.05) is 0 Å². The van der Waals surface area contributed by atoms with E-state index in [2.05, 4.69) is 26.6 Å². The molecule has 0 radical (unpaired) electrons. The Hall–Kier alpha value is -1.63. The molecule has 1 rings (SSSR count). The summed E-state index contributed by atoms with van der Waals surface area (Å²) >= 11 is 3.17. The molecule has 1 atom stereocenters. The van der Waals surface area contributed by atoms with Crippen LogP contribution in [0.2, 0.25) is 0 Å². The van der Waals surface area contributed by atoms with Crippen molar-refractivity contribution in [1.82, 2.24) is 5.32 Å². The van der Waals surface area contributed by atoms with Crippen molar-refractivity contribution < 1.29 is 19.1 Å². The highest BCUT2D eigenvalue weighted by Crippen LogP contribution is 2.23. The molecule has 1 aromatic rings. The van der Waals surface area contributed by atoms with Crippen molar-refractivity contribution in [3.63, 3.8) is 0 Å². The van der Waals surface area contributed by atoms with Gasteiger partial charge in [0.2, 0.25) is 0 Å². The molecule has 0 spiro atoms. The predicted octanol–water partition coefficient (Wildman–Crippen LogP) is 3.21. The van der Waals surface area contributed by atoms with Crippen molar-refractivity contribution in [2.24, 2.45) is 5.41 Å². The van der Waals surface area contributed by atoms with Crippen LogP contribution in [0, 0.1) is 11.2 Å². The van der Waals surface area contributed by atoms with Crippen LogP contribution in [0.25, 0.3) is 0 Å². The van der Waals surface area contributed by atoms with Gasteiger partial charge < -0.3 is 15.7 Å². The minimum absolute atomic E-state index is 0.223. The normalized spacial score (nSPS) is 12.7. The summed E-state index contributed by atoms with van der Waals surface area (Å²) in [7, 11) is 0. The van der Waals surface area contributed by atoms with Crippen LogP contribution in [0.4, 0.5) is 14.9 Å². The maximum absolute atomic E-state index is 13.1. The lowest BCUT2D eigenvalue weighted by molar-refractivity contribution is -0.141. The molecule has 0 aromatic heterocycles. The van der Waals surface area contributed by atoms with Crippen LogP contribution in [-0.2, 0) is 4.79 Å². The molecule has 0 saturated heterocycles. The first kappa shape index (κ1) is 16.4. The van der Waals surface area contributed by atoms with E-state index in [0.29, 0.717) is 4.47 Å². The summed E-state index contributed by atoms with van der Waals surface area (Å²) in [4.78, 5) is 23.0. The summed E-state index contributed by atoms with van der Waals surface area (Å²) in [6, 6.07) is 2.05. The molecule has 7 heteroatoms. The van der Waals surface area contributed by atoms with Crippen LogP contribution in [0.1, 0.15) is 20.8 Å². The van der Waals surface area contributed by atoms with Crippen molar-refractivity contribution in [2.45, 2.75) is 26.8 Å². The number of nitrogens with one attached hydrogen (secondary N) is 2. The second-order valence-corrected chi connectivity index (χ2v) is 6.21. The van der Waals surface area contributed by atoms with Crippen LogP contribution < -0.4 is 10.6 Å². The molecule has 0 heterocycles. The molecule has 5 nitrogen and oxygen atoms in total. The van der Waals surface area contributed by atoms with Gasteiger partial charge in [-0.25, -0.2) is 14.0 Å². The first-order chi connectivity index (χ1) is 9.11. The summed E-state index contributed by atoms with van der Waals surface area (Å²) in [5, 5.41) is 13.9. The van der Waals surface area contributed by atoms with Crippen LogP contribution in [-0.4, -0.2) is 23.1 Å². The third kappa shape index (κ3) is 4.48. The fourth-order valence-corrected chi connectivity index (χ4v) is 1.88. The van der Waals surface area contributed by atoms with Gasteiger partial charge in [0.05, 0.1) is 5.69 Å². The Morgan fingerprint density at radius 1 is 1.35 bits per heavy atom. The number of rotatable bonds is 3. The van der Waals surface area contributed by atoms with Gasteiger partial charge in [0, 0.05) is 4.47 Å². The lowest BCUT2D eigenvalue weighted by Crippen LogP contribution is -2.50. The molecule has 0 saturated carbocycles. The molecule has 0 bridgehead atoms. The number of anilines is 1. The standard InChI is InChI=1S/C13H16BrFN2O3/c1-13(2,3)10(11(18)19)17-12(20)16-9-6-7(15)4-5-8(9)14/h4-6,10H,1-3H3,(H,18,19)(H2,16,17,20)/t10-/m0/s1. The quantitative estimate of drug-likeness (QED) is 0.786. The highest BCUT2D eigenvalue weighted by Gasteiger charge is 2.32. The van der Waals surface area contributed by atoms with Gasteiger partial charge in [-0.3, -0.25) is 0 Å². The van der Waals surface area contributed by atoms with Gasteiger partial charge in [-0.2, -0.15) is 0 Å². The third-order valence-electron chi connectivity index (χ3n) is 2.57. The molecular weight excluding hydrogens is 331 g/mol. The molecule has 0 aliphatic carbocycles. The second-order valence-electron chi connectivity index (χ2n) is 5.36. The number of carbonyl (C=O) groups is 2. The summed E-state index contributed by atoms with van der Waals surface area (Å²) < 4.78 is 13.6. The van der Waals surface area contributed by atoms with Gasteiger partial charge in [0.15, 0.2) is 0 Å². The Balaban J connectivity index is 2.81. The molecule has 1 aromatic carbocycles. The molecule has 110 valence electrons. The number of aliphatic carboxylic acids is 1. The highest BCUT2D eigenvalue weighted by atomic mass is 79.9. The van der Waals surface area contributed by atoms with Gasteiger partial charge in [0.1, 0.15) is 11.9 Å². The number of carboxylic acid groups (broad SMARTS) is 1. The van der Waals surface area contributed by atoms with E-state index >= 15 is 0 Å². The van der Waals surface area contributed by atoms with Crippen LogP contribution in [0.15, 0.2) is 22.7 Å². The summed E-state index contributed by atoms with van der Waals surface area (Å²) in [6.45, 7) is 5.10. The molecule has 20 heavy (non-hydrogen) atoms. The van der Waals surface area contributed by atoms with Crippen molar-refractivity contribution in [2.75, 3.05) is 5.32 Å². The van der Waals surface area contributed by atoms with Gasteiger partial charge in [-0.15, -0.1) is 0 Å². The molecule has 0 aliphatic heterocycles. The number of benzene rings is 1. The van der Waals surface area contributed by atoms with E-state index in [9.17, 15) is 14.0 Å². The number of halogens is 2. The largest absolute Gasteiger partial charge is 0.480 e. The number of carbonyl (C=O) groups excluding carboxylic acids is 1. The zero-order chi connectivity index (χ0) is 15.5. The van der Waals surface area contributed by atoms with Gasteiger partial charge in [0.25, 0.3) is 0 Å². The number of amides is 2. The maximum atomic E-state index is 13.1. The summed E-state index contributed by atoms with van der Waals surface area (Å²) in [5.41, 5.74) is -0.428. The number of hydrogen-bond donors (Lipinski definition) is 3. The van der Waals surface area contributed by atoms with E-state index < -0.39 is 29.3 Å². The third-order valence-corrected chi connectivity index (χ3v) is 3.26. The van der Waals surface area contributed by atoms with Crippen LogP contribution in [0.5, 0.6) is 0 Å². The van der Waals surface area contributed by atoms with Crippen molar-refractivity contribution >= 4 is 33.6 Å². The van der Waals surface area contributed by atoms with E-state index in [1.54, 1.807) is 20.8 Å². The number of urea groups is 1. The smallest absolute Gasteiger partial charge is 0.326 e. The van der Waals surface area contributed by atoms with E-state index in [-0.39, 0.29) is 5.69 Å². The van der Waals surface area contributed by atoms with Crippen molar-refractivity contribution in [3.05, 3.63) is 28.5 Å². The lowest BCUT2D eigenvalue weighted by atomic mass is 9.87. The van der Waals surface area contributed by atoms with E-state index in [4.69, 9.17) is 5.11 Å². The summed E-state index contributed by atoms with van der Waals surface area (Å²) in [5.74, 6) is -1.64. The number of hydrogen-bond acceptors (Lipinski definition) is 2. The Morgan fingerprint density at radius 2 is 1.95 bits per heavy atom. The lowest BCUT2D eigenvalue weighted by Gasteiger charge is -2.27. The van der Waals surface area contributed by atoms with Crippen LogP contribution >= 0.6 is 15.9 Å². The SMILES string of the molecule is CC(C)(C)[C@@H](NC(=O)Nc1cc(F)ccc1Br)C(=O)O. The molecule has 0 fully saturated rings. The summed E-state index contributed by atoms with van der Waals surface area (Å²) in [6.07, 6.45) is 0. The minimum atomic E-state index is -1.13. The Bertz CT molecular complexity index is 529. The van der Waals surface area contributed by atoms with E-state index in [1.165, 1.54) is 12.1 Å². The highest BCUT2D eigenvalue weighted by molar-refractivity contribution is 9.10. The van der Waals surface area contributed by atoms with Gasteiger partial charge in [-0.1, -0.05) is 20.8 Å². The number of carboxylic acids is 1. The fourth-order valence-electron chi connectivity index (χ4n) is 1.53. The van der Waals surface area contributed by atoms with E-state index in [0.717, 1.165) is 6.07 Å². The molecular formula is C13H16BrFN2O3. The van der Waals surface area contributed by atoms with Gasteiger partial charge in [-0.05, 0) is 39.5 Å². The van der Waals surface area contributed by atoms with Gasteiger partial charge >= 0.3 is 12.0 Å². The first-order valence-corrected chi connectivity index (χ1v) is 6.66. The Kier molecular flexibility index (Phi) is 5.10. The predicted molar refractivity (Wildman–Crippen MR) is 77.1 cm³/mol. The molecule has 0 aliphatic rings. The molecule has 0 unspecified atom stereocenters. The average Bonchev–Trinajstić information content (AvgIpc) is 2.29. The zero-order valence-electron chi connectivity index (χ0n) is 11.3. The first-order valence-electron chi connectivity index (χ1n) is 5.86. The molecule has 2 amide bonds. The average molecular weight is 347 g/mol. The maximum Gasteiger partial charge on any atom is 0.326 e. The van der Waals surface area contributed by atoms with Crippen molar-refractivity contribution in [3.8, 4) is 0 Å². The fraction of sp³-hybridized carbons (Fsp3) is 0.385. The van der Waals surface area contributed by atoms with Crippen molar-refractivity contribution in [1.29, 1.82) is 0 Å². The Labute approximate surface area is 124 Å². The minimum Gasteiger partial charge on any atom is -0.480 e. The zero-order valence-corrected chi connectivity index (χ0v) is 12.9.